The summed E-state index contributed by atoms with van der Waals surface area (Å²) in [4.78, 5) is 0. The molecule has 1 unspecified atom stereocenters. The van der Waals surface area contributed by atoms with E-state index in [-0.39, 0.29) is 35.3 Å². The molecule has 6 heteroatoms. The molecule has 0 aliphatic rings. The molecule has 2 N–H and O–H groups in total. The van der Waals surface area contributed by atoms with Gasteiger partial charge in [-0.2, -0.15) is 8.42 Å². The Bertz CT molecular complexity index is 241. The summed E-state index contributed by atoms with van der Waals surface area (Å²) in [6, 6.07) is 0. The maximum absolute atomic E-state index is 10.4. The zero-order valence-electron chi connectivity index (χ0n) is 9.35. The van der Waals surface area contributed by atoms with Crippen LogP contribution in [-0.2, 0) is 10.1 Å². The van der Waals surface area contributed by atoms with Gasteiger partial charge in [-0.25, -0.2) is 0 Å². The molecule has 0 fully saturated rings. The second-order valence-corrected chi connectivity index (χ2v) is 5.50. The summed E-state index contributed by atoms with van der Waals surface area (Å²) in [5.41, 5.74) is 0. The third-order valence-corrected chi connectivity index (χ3v) is 3.14. The summed E-state index contributed by atoms with van der Waals surface area (Å²) in [6.45, 7) is 2.13. The van der Waals surface area contributed by atoms with Gasteiger partial charge in [0.25, 0.3) is 10.1 Å². The minimum atomic E-state index is -3.86. The van der Waals surface area contributed by atoms with E-state index in [1.54, 1.807) is 0 Å². The van der Waals surface area contributed by atoms with Crippen LogP contribution in [0.15, 0.2) is 0 Å². The van der Waals surface area contributed by atoms with Crippen LogP contribution in [-0.4, -0.2) is 59.5 Å². The topological polar surface area (TPSA) is 74.6 Å². The van der Waals surface area contributed by atoms with Crippen molar-refractivity contribution in [3.8, 4) is 0 Å². The fourth-order valence-electron chi connectivity index (χ4n) is 1.45. The van der Waals surface area contributed by atoms with Crippen molar-refractivity contribution in [1.82, 2.24) is 0 Å². The van der Waals surface area contributed by atoms with Gasteiger partial charge >= 0.3 is 29.6 Å². The second kappa shape index (κ2) is 11.0. The second-order valence-electron chi connectivity index (χ2n) is 3.93. The molecule has 0 bridgehead atoms. The molecule has 0 aromatic rings. The third kappa shape index (κ3) is 14.9. The quantitative estimate of drug-likeness (QED) is 0.373. The first-order chi connectivity index (χ1) is 6.95. The van der Waals surface area contributed by atoms with Crippen molar-refractivity contribution in [1.29, 1.82) is 0 Å². The van der Waals surface area contributed by atoms with Crippen LogP contribution in [0.4, 0.5) is 0 Å². The predicted molar refractivity (Wildman–Crippen MR) is 67.6 cm³/mol. The van der Waals surface area contributed by atoms with Crippen molar-refractivity contribution in [2.75, 3.05) is 5.75 Å². The van der Waals surface area contributed by atoms with E-state index < -0.39 is 16.2 Å². The Morgan fingerprint density at radius 2 is 1.62 bits per heavy atom. The molecular formula is C10H23NaO4S. The van der Waals surface area contributed by atoms with Crippen LogP contribution in [0.5, 0.6) is 0 Å². The average Bonchev–Trinajstić information content (AvgIpc) is 2.10. The van der Waals surface area contributed by atoms with Crippen molar-refractivity contribution in [3.05, 3.63) is 0 Å². The van der Waals surface area contributed by atoms with E-state index in [1.165, 1.54) is 12.8 Å². The third-order valence-electron chi connectivity index (χ3n) is 2.33. The number of rotatable bonds is 9. The Labute approximate surface area is 121 Å². The van der Waals surface area contributed by atoms with E-state index >= 15 is 0 Å². The molecule has 0 heterocycles. The van der Waals surface area contributed by atoms with Gasteiger partial charge in [-0.3, -0.25) is 4.55 Å². The summed E-state index contributed by atoms with van der Waals surface area (Å²) in [6.07, 6.45) is 5.53. The van der Waals surface area contributed by atoms with Crippen LogP contribution in [0.2, 0.25) is 0 Å². The zero-order chi connectivity index (χ0) is 11.7. The Kier molecular flexibility index (Phi) is 13.2. The minimum absolute atomic E-state index is 0. The fourth-order valence-corrected chi connectivity index (χ4v) is 1.98. The summed E-state index contributed by atoms with van der Waals surface area (Å²) >= 11 is 0. The van der Waals surface area contributed by atoms with Gasteiger partial charge in [0.15, 0.2) is 0 Å². The van der Waals surface area contributed by atoms with Gasteiger partial charge in [0.1, 0.15) is 0 Å². The monoisotopic (exact) mass is 262 g/mol. The number of aliphatic hydroxyl groups is 1. The first kappa shape index (κ1) is 19.2. The molecule has 0 saturated carbocycles. The molecule has 0 rings (SSSR count). The Hall–Kier alpha value is 0.870. The predicted octanol–water partition coefficient (Wildman–Crippen LogP) is 1.34. The van der Waals surface area contributed by atoms with Crippen LogP contribution in [0, 0.1) is 0 Å². The fraction of sp³-hybridized carbons (Fsp3) is 1.00. The molecule has 16 heavy (non-hydrogen) atoms. The van der Waals surface area contributed by atoms with Gasteiger partial charge in [-0.15, -0.1) is 0 Å². The SMILES string of the molecule is CCCCCCC(O)CCCS(=O)(=O)O.[NaH]. The van der Waals surface area contributed by atoms with E-state index in [0.717, 1.165) is 19.3 Å². The molecule has 0 radical (unpaired) electrons. The van der Waals surface area contributed by atoms with Crippen LogP contribution in [0.1, 0.15) is 51.9 Å². The molecule has 0 saturated heterocycles. The van der Waals surface area contributed by atoms with Crippen LogP contribution >= 0.6 is 0 Å². The zero-order valence-corrected chi connectivity index (χ0v) is 10.2. The van der Waals surface area contributed by atoms with Crippen molar-refractivity contribution in [2.45, 2.75) is 58.0 Å². The van der Waals surface area contributed by atoms with Gasteiger partial charge in [0, 0.05) is 0 Å². The molecule has 0 amide bonds. The molecule has 4 nitrogen and oxygen atoms in total. The van der Waals surface area contributed by atoms with Crippen LogP contribution in [0.3, 0.4) is 0 Å². The summed E-state index contributed by atoms with van der Waals surface area (Å²) in [7, 11) is -3.86. The van der Waals surface area contributed by atoms with Gasteiger partial charge in [0.2, 0.25) is 0 Å². The van der Waals surface area contributed by atoms with Crippen molar-refractivity contribution >= 4 is 39.7 Å². The summed E-state index contributed by atoms with van der Waals surface area (Å²) in [5.74, 6) is -0.251. The van der Waals surface area contributed by atoms with E-state index in [0.29, 0.717) is 12.8 Å². The van der Waals surface area contributed by atoms with Crippen molar-refractivity contribution in [2.24, 2.45) is 0 Å². The first-order valence-corrected chi connectivity index (χ1v) is 7.20. The van der Waals surface area contributed by atoms with Crippen LogP contribution in [0.25, 0.3) is 0 Å². The standard InChI is InChI=1S/C10H22O4S.Na.H/c1-2-3-4-5-7-10(11)8-6-9-15(12,13)14;;/h10-11H,2-9H2,1H3,(H,12,13,14);;. The molecule has 1 atom stereocenters. The van der Waals surface area contributed by atoms with E-state index in [1.807, 2.05) is 0 Å². The van der Waals surface area contributed by atoms with E-state index in [2.05, 4.69) is 6.92 Å². The Balaban J connectivity index is 0. The Morgan fingerprint density at radius 3 is 2.12 bits per heavy atom. The van der Waals surface area contributed by atoms with Crippen molar-refractivity contribution in [3.63, 3.8) is 0 Å². The average molecular weight is 262 g/mol. The molecule has 94 valence electrons. The molecule has 0 aromatic carbocycles. The molecular weight excluding hydrogens is 239 g/mol. The summed E-state index contributed by atoms with van der Waals surface area (Å²) < 4.78 is 29.2. The maximum atomic E-state index is 10.4. The molecule has 0 aliphatic carbocycles. The first-order valence-electron chi connectivity index (χ1n) is 5.59. The Morgan fingerprint density at radius 1 is 1.06 bits per heavy atom. The van der Waals surface area contributed by atoms with Crippen LogP contribution < -0.4 is 0 Å². The normalized spacial score (nSPS) is 13.2. The van der Waals surface area contributed by atoms with Crippen molar-refractivity contribution < 1.29 is 18.1 Å². The number of hydrogen-bond acceptors (Lipinski definition) is 3. The summed E-state index contributed by atoms with van der Waals surface area (Å²) in [5, 5.41) is 9.47. The number of unbranched alkanes of at least 4 members (excludes halogenated alkanes) is 3. The van der Waals surface area contributed by atoms with E-state index in [4.69, 9.17) is 4.55 Å². The number of hydrogen-bond donors (Lipinski definition) is 2. The molecule has 0 aliphatic heterocycles. The van der Waals surface area contributed by atoms with Gasteiger partial charge in [0.05, 0.1) is 11.9 Å². The van der Waals surface area contributed by atoms with Gasteiger partial charge < -0.3 is 5.11 Å². The molecule has 0 aromatic heterocycles. The number of aliphatic hydroxyl groups excluding tert-OH is 1. The van der Waals surface area contributed by atoms with Gasteiger partial charge in [-0.05, 0) is 19.3 Å². The van der Waals surface area contributed by atoms with E-state index in [9.17, 15) is 13.5 Å². The van der Waals surface area contributed by atoms with Gasteiger partial charge in [-0.1, -0.05) is 32.6 Å². The molecule has 0 spiro atoms.